The number of fused-ring (bicyclic) bond motifs is 1. The molecule has 1 saturated carbocycles. The minimum absolute atomic E-state index is 0.118. The van der Waals surface area contributed by atoms with Crippen molar-refractivity contribution in [3.63, 3.8) is 0 Å². The smallest absolute Gasteiger partial charge is 0.159 e. The summed E-state index contributed by atoms with van der Waals surface area (Å²) in [5.41, 5.74) is 2.04. The molecule has 1 aliphatic carbocycles. The maximum absolute atomic E-state index is 14.8. The van der Waals surface area contributed by atoms with E-state index in [9.17, 15) is 17.6 Å². The van der Waals surface area contributed by atoms with Gasteiger partial charge < -0.3 is 0 Å². The van der Waals surface area contributed by atoms with E-state index in [1.54, 1.807) is 0 Å². The van der Waals surface area contributed by atoms with E-state index >= 15 is 0 Å². The van der Waals surface area contributed by atoms with Crippen LogP contribution in [0.5, 0.6) is 0 Å². The molecule has 0 amide bonds. The van der Waals surface area contributed by atoms with Gasteiger partial charge in [0, 0.05) is 5.56 Å². The van der Waals surface area contributed by atoms with Gasteiger partial charge in [0.15, 0.2) is 11.6 Å². The van der Waals surface area contributed by atoms with E-state index in [1.807, 2.05) is 18.2 Å². The third kappa shape index (κ3) is 4.78. The van der Waals surface area contributed by atoms with Gasteiger partial charge >= 0.3 is 0 Å². The molecule has 3 aromatic rings. The second kappa shape index (κ2) is 9.42. The number of aryl methyl sites for hydroxylation is 1. The van der Waals surface area contributed by atoms with Gasteiger partial charge in [0.1, 0.15) is 11.6 Å². The van der Waals surface area contributed by atoms with Crippen LogP contribution >= 0.6 is 0 Å². The first-order valence-electron chi connectivity index (χ1n) is 11.3. The van der Waals surface area contributed by atoms with Crippen LogP contribution in [0.4, 0.5) is 17.6 Å². The van der Waals surface area contributed by atoms with E-state index in [0.717, 1.165) is 43.2 Å². The zero-order valence-corrected chi connectivity index (χ0v) is 17.9. The number of rotatable bonds is 6. The predicted octanol–water partition coefficient (Wildman–Crippen LogP) is 8.57. The van der Waals surface area contributed by atoms with Crippen molar-refractivity contribution in [2.75, 3.05) is 0 Å². The Bertz CT molecular complexity index is 1040. The number of unbranched alkanes of at least 4 members (excludes halogenated alkanes) is 2. The molecule has 0 atom stereocenters. The summed E-state index contributed by atoms with van der Waals surface area (Å²) in [5.74, 6) is -2.39. The van der Waals surface area contributed by atoms with Crippen molar-refractivity contribution in [2.24, 2.45) is 0 Å². The Morgan fingerprint density at radius 3 is 1.94 bits per heavy atom. The molecular weight excluding hydrogens is 400 g/mol. The molecule has 0 aliphatic heterocycles. The molecule has 0 aromatic heterocycles. The molecular formula is C27H28F4. The monoisotopic (exact) mass is 428 g/mol. The summed E-state index contributed by atoms with van der Waals surface area (Å²) in [6.07, 6.45) is 6.85. The van der Waals surface area contributed by atoms with E-state index in [-0.39, 0.29) is 17.4 Å². The Morgan fingerprint density at radius 1 is 0.677 bits per heavy atom. The second-order valence-corrected chi connectivity index (χ2v) is 8.85. The van der Waals surface area contributed by atoms with Crippen molar-refractivity contribution in [2.45, 2.75) is 70.1 Å². The van der Waals surface area contributed by atoms with Gasteiger partial charge in [0.25, 0.3) is 0 Å². The molecule has 0 spiro atoms. The van der Waals surface area contributed by atoms with Crippen LogP contribution in [-0.4, -0.2) is 0 Å². The highest BCUT2D eigenvalue weighted by Gasteiger charge is 2.28. The molecule has 1 fully saturated rings. The van der Waals surface area contributed by atoms with Crippen LogP contribution in [0.15, 0.2) is 42.5 Å². The van der Waals surface area contributed by atoms with Crippen LogP contribution in [0.1, 0.15) is 80.4 Å². The second-order valence-electron chi connectivity index (χ2n) is 8.85. The van der Waals surface area contributed by atoms with Crippen LogP contribution in [0.3, 0.4) is 0 Å². The summed E-state index contributed by atoms with van der Waals surface area (Å²) < 4.78 is 56.6. The standard InChI is InChI=1S/C27H28F4/c1-2-3-4-5-17-12-25(30)27(26(31)13-17)19-8-6-18(7-9-19)20-10-11-21-15-23(28)24(29)16-22(21)14-20/h10-16,18-19H,2-9H2,1H3. The maximum Gasteiger partial charge on any atom is 0.159 e. The lowest BCUT2D eigenvalue weighted by molar-refractivity contribution is 0.376. The van der Waals surface area contributed by atoms with E-state index in [0.29, 0.717) is 30.0 Å². The lowest BCUT2D eigenvalue weighted by Gasteiger charge is -2.30. The Kier molecular flexibility index (Phi) is 6.64. The van der Waals surface area contributed by atoms with Crippen molar-refractivity contribution in [1.29, 1.82) is 0 Å². The van der Waals surface area contributed by atoms with Gasteiger partial charge in [-0.3, -0.25) is 0 Å². The highest BCUT2D eigenvalue weighted by molar-refractivity contribution is 5.83. The molecule has 4 rings (SSSR count). The molecule has 0 bridgehead atoms. The third-order valence-electron chi connectivity index (χ3n) is 6.72. The SMILES string of the molecule is CCCCCc1cc(F)c(C2CCC(c3ccc4cc(F)c(F)cc4c3)CC2)c(F)c1. The summed E-state index contributed by atoms with van der Waals surface area (Å²) in [4.78, 5) is 0. The van der Waals surface area contributed by atoms with Crippen LogP contribution in [0.2, 0.25) is 0 Å². The average Bonchev–Trinajstić information content (AvgIpc) is 2.74. The van der Waals surface area contributed by atoms with Crippen LogP contribution in [0.25, 0.3) is 10.8 Å². The largest absolute Gasteiger partial charge is 0.207 e. The summed E-state index contributed by atoms with van der Waals surface area (Å²) in [6, 6.07) is 11.1. The first-order chi connectivity index (χ1) is 15.0. The van der Waals surface area contributed by atoms with Crippen molar-refractivity contribution < 1.29 is 17.6 Å². The first-order valence-corrected chi connectivity index (χ1v) is 11.3. The number of benzene rings is 3. The van der Waals surface area contributed by atoms with Gasteiger partial charge in [-0.1, -0.05) is 38.0 Å². The molecule has 0 radical (unpaired) electrons. The lowest BCUT2D eigenvalue weighted by Crippen LogP contribution is -2.15. The Hall–Kier alpha value is -2.36. The number of hydrogen-bond acceptors (Lipinski definition) is 0. The first kappa shape index (κ1) is 21.9. The van der Waals surface area contributed by atoms with Gasteiger partial charge in [-0.2, -0.15) is 0 Å². The normalized spacial score (nSPS) is 19.1. The molecule has 0 unspecified atom stereocenters. The van der Waals surface area contributed by atoms with Gasteiger partial charge in [-0.05, 0) is 96.5 Å². The summed E-state index contributed by atoms with van der Waals surface area (Å²) in [7, 11) is 0. The fourth-order valence-electron chi connectivity index (χ4n) is 4.98. The van der Waals surface area contributed by atoms with Crippen LogP contribution in [0, 0.1) is 23.3 Å². The molecule has 0 saturated heterocycles. The number of halogens is 4. The van der Waals surface area contributed by atoms with Crippen molar-refractivity contribution in [3.8, 4) is 0 Å². The summed E-state index contributed by atoms with van der Waals surface area (Å²) in [6.45, 7) is 2.11. The summed E-state index contributed by atoms with van der Waals surface area (Å²) >= 11 is 0. The van der Waals surface area contributed by atoms with Crippen molar-refractivity contribution in [1.82, 2.24) is 0 Å². The van der Waals surface area contributed by atoms with Crippen LogP contribution < -0.4 is 0 Å². The topological polar surface area (TPSA) is 0 Å². The zero-order chi connectivity index (χ0) is 22.0. The Balaban J connectivity index is 1.46. The Morgan fingerprint density at radius 2 is 1.29 bits per heavy atom. The fourth-order valence-corrected chi connectivity index (χ4v) is 4.98. The van der Waals surface area contributed by atoms with E-state index in [1.165, 1.54) is 24.3 Å². The van der Waals surface area contributed by atoms with E-state index < -0.39 is 23.3 Å². The minimum Gasteiger partial charge on any atom is -0.207 e. The van der Waals surface area contributed by atoms with Gasteiger partial charge in [-0.25, -0.2) is 17.6 Å². The van der Waals surface area contributed by atoms with Gasteiger partial charge in [0.05, 0.1) is 0 Å². The Labute approximate surface area is 181 Å². The number of hydrogen-bond donors (Lipinski definition) is 0. The molecule has 31 heavy (non-hydrogen) atoms. The fraction of sp³-hybridized carbons (Fsp3) is 0.407. The highest BCUT2D eigenvalue weighted by Crippen LogP contribution is 2.42. The molecule has 1 aliphatic rings. The van der Waals surface area contributed by atoms with Crippen LogP contribution in [-0.2, 0) is 6.42 Å². The zero-order valence-electron chi connectivity index (χ0n) is 17.9. The van der Waals surface area contributed by atoms with E-state index in [4.69, 9.17) is 0 Å². The molecule has 0 heterocycles. The lowest BCUT2D eigenvalue weighted by atomic mass is 9.75. The molecule has 0 nitrogen and oxygen atoms in total. The molecule has 0 N–H and O–H groups in total. The van der Waals surface area contributed by atoms with Gasteiger partial charge in [-0.15, -0.1) is 0 Å². The molecule has 164 valence electrons. The van der Waals surface area contributed by atoms with Crippen molar-refractivity contribution >= 4 is 10.8 Å². The average molecular weight is 429 g/mol. The highest BCUT2D eigenvalue weighted by atomic mass is 19.2. The van der Waals surface area contributed by atoms with E-state index in [2.05, 4.69) is 6.92 Å². The predicted molar refractivity (Wildman–Crippen MR) is 117 cm³/mol. The molecule has 4 heteroatoms. The summed E-state index contributed by atoms with van der Waals surface area (Å²) in [5, 5.41) is 1.34. The maximum atomic E-state index is 14.8. The van der Waals surface area contributed by atoms with Gasteiger partial charge in [0.2, 0.25) is 0 Å². The van der Waals surface area contributed by atoms with Crippen molar-refractivity contribution in [3.05, 3.63) is 82.4 Å². The minimum atomic E-state index is -0.850. The molecule has 3 aromatic carbocycles. The quantitative estimate of drug-likeness (QED) is 0.272. The third-order valence-corrected chi connectivity index (χ3v) is 6.72.